The highest BCUT2D eigenvalue weighted by Gasteiger charge is 2.39. The molecule has 0 bridgehead atoms. The van der Waals surface area contributed by atoms with E-state index in [1.54, 1.807) is 0 Å². The molecule has 0 atom stereocenters. The van der Waals surface area contributed by atoms with E-state index in [1.165, 1.54) is 24.6 Å². The van der Waals surface area contributed by atoms with Crippen molar-refractivity contribution in [3.63, 3.8) is 0 Å². The van der Waals surface area contributed by atoms with Crippen molar-refractivity contribution in [1.29, 1.82) is 0 Å². The number of rotatable bonds is 4. The minimum atomic E-state index is -0.580. The van der Waals surface area contributed by atoms with Gasteiger partial charge in [-0.3, -0.25) is 9.69 Å². The highest BCUT2D eigenvalue weighted by molar-refractivity contribution is 6.33. The fourth-order valence-electron chi connectivity index (χ4n) is 3.90. The minimum Gasteiger partial charge on any atom is -0.379 e. The van der Waals surface area contributed by atoms with Crippen LogP contribution in [0.15, 0.2) is 18.2 Å². The molecule has 2 fully saturated rings. The molecular weight excluding hydrogens is 331 g/mol. The molecule has 4 nitrogen and oxygen atoms in total. The summed E-state index contributed by atoms with van der Waals surface area (Å²) in [5.74, 6) is -1.01. The summed E-state index contributed by atoms with van der Waals surface area (Å²) in [5, 5.41) is 3.09. The van der Waals surface area contributed by atoms with Gasteiger partial charge in [-0.05, 0) is 25.0 Å². The fourth-order valence-corrected chi connectivity index (χ4v) is 4.15. The number of ether oxygens (including phenoxy) is 1. The van der Waals surface area contributed by atoms with Crippen molar-refractivity contribution in [2.75, 3.05) is 32.8 Å². The number of halogens is 2. The molecule has 132 valence electrons. The van der Waals surface area contributed by atoms with Crippen LogP contribution >= 0.6 is 11.6 Å². The van der Waals surface area contributed by atoms with Crippen LogP contribution in [0.2, 0.25) is 5.02 Å². The number of nitrogens with zero attached hydrogens (tertiary/aromatic N) is 1. The monoisotopic (exact) mass is 354 g/mol. The molecule has 3 rings (SSSR count). The maximum atomic E-state index is 13.9. The lowest BCUT2D eigenvalue weighted by molar-refractivity contribution is -0.0361. The molecule has 24 heavy (non-hydrogen) atoms. The van der Waals surface area contributed by atoms with Crippen LogP contribution in [-0.2, 0) is 4.74 Å². The molecule has 1 saturated heterocycles. The first kappa shape index (κ1) is 17.6. The summed E-state index contributed by atoms with van der Waals surface area (Å²) in [4.78, 5) is 14.9. The Hall–Kier alpha value is -1.17. The van der Waals surface area contributed by atoms with E-state index >= 15 is 0 Å². The van der Waals surface area contributed by atoms with Gasteiger partial charge in [0.05, 0.1) is 23.8 Å². The molecule has 1 N–H and O–H groups in total. The third-order valence-electron chi connectivity index (χ3n) is 5.23. The Morgan fingerprint density at radius 3 is 2.62 bits per heavy atom. The van der Waals surface area contributed by atoms with Crippen molar-refractivity contribution in [2.24, 2.45) is 0 Å². The number of amides is 1. The Morgan fingerprint density at radius 1 is 1.25 bits per heavy atom. The third-order valence-corrected chi connectivity index (χ3v) is 5.55. The molecular formula is C18H24ClFN2O2. The summed E-state index contributed by atoms with van der Waals surface area (Å²) in [6, 6.07) is 4.31. The number of nitrogens with one attached hydrogen (secondary N) is 1. The largest absolute Gasteiger partial charge is 0.379 e. The second-order valence-electron chi connectivity index (χ2n) is 6.66. The van der Waals surface area contributed by atoms with Gasteiger partial charge in [0, 0.05) is 25.2 Å². The van der Waals surface area contributed by atoms with Crippen LogP contribution in [0.4, 0.5) is 4.39 Å². The van der Waals surface area contributed by atoms with E-state index in [0.29, 0.717) is 6.54 Å². The number of hydrogen-bond donors (Lipinski definition) is 1. The van der Waals surface area contributed by atoms with Gasteiger partial charge in [-0.15, -0.1) is 0 Å². The predicted octanol–water partition coefficient (Wildman–Crippen LogP) is 3.24. The van der Waals surface area contributed by atoms with E-state index in [1.807, 2.05) is 0 Å². The average Bonchev–Trinajstić information content (AvgIpc) is 2.61. The number of carbonyl (C=O) groups excluding carboxylic acids is 1. The zero-order valence-electron chi connectivity index (χ0n) is 13.8. The van der Waals surface area contributed by atoms with Gasteiger partial charge in [0.2, 0.25) is 0 Å². The molecule has 6 heteroatoms. The van der Waals surface area contributed by atoms with Gasteiger partial charge < -0.3 is 10.1 Å². The van der Waals surface area contributed by atoms with Gasteiger partial charge in [-0.1, -0.05) is 36.9 Å². The first-order valence-corrected chi connectivity index (χ1v) is 9.05. The quantitative estimate of drug-likeness (QED) is 0.902. The second-order valence-corrected chi connectivity index (χ2v) is 7.07. The highest BCUT2D eigenvalue weighted by atomic mass is 35.5. The van der Waals surface area contributed by atoms with Crippen molar-refractivity contribution in [3.8, 4) is 0 Å². The van der Waals surface area contributed by atoms with E-state index in [9.17, 15) is 9.18 Å². The Balaban J connectivity index is 1.72. The SMILES string of the molecule is O=C(NCC1(N2CCOCC2)CCCCC1)c1c(F)cccc1Cl. The first-order valence-electron chi connectivity index (χ1n) is 8.67. The van der Waals surface area contributed by atoms with Crippen LogP contribution in [-0.4, -0.2) is 49.2 Å². The normalized spacial score (nSPS) is 21.4. The van der Waals surface area contributed by atoms with Gasteiger partial charge in [0.25, 0.3) is 5.91 Å². The Kier molecular flexibility index (Phi) is 5.74. The Morgan fingerprint density at radius 2 is 1.96 bits per heavy atom. The maximum absolute atomic E-state index is 13.9. The minimum absolute atomic E-state index is 0.0462. The first-order chi connectivity index (χ1) is 11.6. The summed E-state index contributed by atoms with van der Waals surface area (Å²) < 4.78 is 19.4. The molecule has 1 heterocycles. The lowest BCUT2D eigenvalue weighted by atomic mass is 9.79. The molecule has 0 aromatic heterocycles. The molecule has 0 spiro atoms. The third kappa shape index (κ3) is 3.73. The van der Waals surface area contributed by atoms with Crippen LogP contribution in [0, 0.1) is 5.82 Å². The number of benzene rings is 1. The molecule has 1 aromatic carbocycles. The smallest absolute Gasteiger partial charge is 0.255 e. The van der Waals surface area contributed by atoms with Crippen LogP contribution < -0.4 is 5.32 Å². The molecule has 0 radical (unpaired) electrons. The standard InChI is InChI=1S/C18H24ClFN2O2/c19-14-5-4-6-15(20)16(14)17(23)21-13-18(7-2-1-3-8-18)22-9-11-24-12-10-22/h4-6H,1-3,7-13H2,(H,21,23). The van der Waals surface area contributed by atoms with E-state index in [0.717, 1.165) is 52.0 Å². The van der Waals surface area contributed by atoms with Crippen LogP contribution in [0.5, 0.6) is 0 Å². The van der Waals surface area contributed by atoms with Crippen molar-refractivity contribution >= 4 is 17.5 Å². The van der Waals surface area contributed by atoms with Crippen molar-refractivity contribution < 1.29 is 13.9 Å². The lowest BCUT2D eigenvalue weighted by Crippen LogP contribution is -2.59. The van der Waals surface area contributed by atoms with Gasteiger partial charge >= 0.3 is 0 Å². The van der Waals surface area contributed by atoms with Crippen molar-refractivity contribution in [1.82, 2.24) is 10.2 Å². The molecule has 1 aromatic rings. The summed E-state index contributed by atoms with van der Waals surface area (Å²) in [6.07, 6.45) is 5.66. The van der Waals surface area contributed by atoms with Gasteiger partial charge in [0.15, 0.2) is 0 Å². The maximum Gasteiger partial charge on any atom is 0.255 e. The van der Waals surface area contributed by atoms with Crippen LogP contribution in [0.3, 0.4) is 0 Å². The molecule has 1 aliphatic carbocycles. The summed E-state index contributed by atoms with van der Waals surface area (Å²) in [6.45, 7) is 3.76. The molecule has 1 saturated carbocycles. The lowest BCUT2D eigenvalue weighted by Gasteiger charge is -2.48. The Bertz CT molecular complexity index is 564. The zero-order valence-corrected chi connectivity index (χ0v) is 14.6. The van der Waals surface area contributed by atoms with E-state index in [-0.39, 0.29) is 16.1 Å². The number of morpholine rings is 1. The molecule has 1 aliphatic heterocycles. The fraction of sp³-hybridized carbons (Fsp3) is 0.611. The van der Waals surface area contributed by atoms with Gasteiger partial charge in [0.1, 0.15) is 5.82 Å². The number of carbonyl (C=O) groups is 1. The van der Waals surface area contributed by atoms with Gasteiger partial charge in [-0.25, -0.2) is 4.39 Å². The molecule has 0 unspecified atom stereocenters. The topological polar surface area (TPSA) is 41.6 Å². The van der Waals surface area contributed by atoms with E-state index < -0.39 is 11.7 Å². The van der Waals surface area contributed by atoms with E-state index in [2.05, 4.69) is 10.2 Å². The number of hydrogen-bond acceptors (Lipinski definition) is 3. The molecule has 2 aliphatic rings. The van der Waals surface area contributed by atoms with Gasteiger partial charge in [-0.2, -0.15) is 0 Å². The highest BCUT2D eigenvalue weighted by Crippen LogP contribution is 2.34. The van der Waals surface area contributed by atoms with Crippen molar-refractivity contribution in [3.05, 3.63) is 34.6 Å². The van der Waals surface area contributed by atoms with Crippen LogP contribution in [0.1, 0.15) is 42.5 Å². The zero-order chi connectivity index (χ0) is 17.0. The summed E-state index contributed by atoms with van der Waals surface area (Å²) >= 11 is 6.00. The van der Waals surface area contributed by atoms with Crippen molar-refractivity contribution in [2.45, 2.75) is 37.6 Å². The van der Waals surface area contributed by atoms with Crippen LogP contribution in [0.25, 0.3) is 0 Å². The summed E-state index contributed by atoms with van der Waals surface area (Å²) in [5.41, 5.74) is -0.109. The Labute approximate surface area is 147 Å². The molecule has 1 amide bonds. The average molecular weight is 355 g/mol. The second kappa shape index (κ2) is 7.81. The van der Waals surface area contributed by atoms with E-state index in [4.69, 9.17) is 16.3 Å². The summed E-state index contributed by atoms with van der Waals surface area (Å²) in [7, 11) is 0. The predicted molar refractivity (Wildman–Crippen MR) is 92.0 cm³/mol.